The van der Waals surface area contributed by atoms with Gasteiger partial charge in [-0.05, 0) is 37.5 Å². The lowest BCUT2D eigenvalue weighted by Gasteiger charge is -2.06. The summed E-state index contributed by atoms with van der Waals surface area (Å²) in [7, 11) is 0. The SMILES string of the molecule is Cc1cc(NC(=O)c2cccc(C(=O)NCCCc3ccccc3)n2)no1. The van der Waals surface area contributed by atoms with E-state index in [2.05, 4.69) is 32.9 Å². The van der Waals surface area contributed by atoms with E-state index in [9.17, 15) is 9.59 Å². The van der Waals surface area contributed by atoms with E-state index in [0.29, 0.717) is 18.1 Å². The molecule has 0 bridgehead atoms. The summed E-state index contributed by atoms with van der Waals surface area (Å²) >= 11 is 0. The third-order valence-corrected chi connectivity index (χ3v) is 3.85. The first-order valence-electron chi connectivity index (χ1n) is 8.65. The van der Waals surface area contributed by atoms with Gasteiger partial charge in [-0.25, -0.2) is 4.98 Å². The molecule has 0 saturated carbocycles. The molecule has 138 valence electrons. The smallest absolute Gasteiger partial charge is 0.275 e. The zero-order valence-electron chi connectivity index (χ0n) is 14.9. The fourth-order valence-corrected chi connectivity index (χ4v) is 2.52. The Labute approximate surface area is 156 Å². The van der Waals surface area contributed by atoms with Gasteiger partial charge in [0.05, 0.1) is 0 Å². The minimum atomic E-state index is -0.456. The molecule has 0 aliphatic heterocycles. The number of pyridine rings is 1. The topological polar surface area (TPSA) is 97.1 Å². The maximum atomic E-state index is 12.3. The highest BCUT2D eigenvalue weighted by Gasteiger charge is 2.13. The van der Waals surface area contributed by atoms with Crippen LogP contribution in [0.4, 0.5) is 5.82 Å². The lowest BCUT2D eigenvalue weighted by Crippen LogP contribution is -2.26. The Morgan fingerprint density at radius 3 is 2.44 bits per heavy atom. The number of nitrogens with one attached hydrogen (secondary N) is 2. The molecule has 0 unspecified atom stereocenters. The number of anilines is 1. The van der Waals surface area contributed by atoms with Crippen molar-refractivity contribution in [3.05, 3.63) is 77.3 Å². The Morgan fingerprint density at radius 2 is 1.74 bits per heavy atom. The second-order valence-corrected chi connectivity index (χ2v) is 6.03. The number of aryl methyl sites for hydroxylation is 2. The molecule has 3 rings (SSSR count). The number of aromatic nitrogens is 2. The van der Waals surface area contributed by atoms with E-state index in [-0.39, 0.29) is 17.3 Å². The highest BCUT2D eigenvalue weighted by atomic mass is 16.5. The van der Waals surface area contributed by atoms with E-state index in [0.717, 1.165) is 12.8 Å². The third kappa shape index (κ3) is 5.24. The van der Waals surface area contributed by atoms with E-state index in [4.69, 9.17) is 4.52 Å². The third-order valence-electron chi connectivity index (χ3n) is 3.85. The molecule has 27 heavy (non-hydrogen) atoms. The standard InChI is InChI=1S/C20H20N4O3/c1-14-13-18(24-27-14)23-20(26)17-11-5-10-16(22-17)19(25)21-12-6-9-15-7-3-2-4-8-15/h2-5,7-8,10-11,13H,6,9,12H2,1H3,(H,21,25)(H,23,24,26). The first-order valence-corrected chi connectivity index (χ1v) is 8.65. The van der Waals surface area contributed by atoms with Gasteiger partial charge in [-0.15, -0.1) is 0 Å². The zero-order valence-corrected chi connectivity index (χ0v) is 14.9. The fraction of sp³-hybridized carbons (Fsp3) is 0.200. The minimum absolute atomic E-state index is 0.132. The summed E-state index contributed by atoms with van der Waals surface area (Å²) in [6.45, 7) is 2.26. The molecule has 0 aliphatic rings. The number of carbonyl (C=O) groups excluding carboxylic acids is 2. The Morgan fingerprint density at radius 1 is 1.00 bits per heavy atom. The van der Waals surface area contributed by atoms with Crippen LogP contribution in [0.1, 0.15) is 38.7 Å². The summed E-state index contributed by atoms with van der Waals surface area (Å²) in [5, 5.41) is 9.11. The lowest BCUT2D eigenvalue weighted by atomic mass is 10.1. The Bertz CT molecular complexity index is 922. The maximum absolute atomic E-state index is 12.3. The molecular formula is C20H20N4O3. The minimum Gasteiger partial charge on any atom is -0.360 e. The van der Waals surface area contributed by atoms with Crippen LogP contribution in [0.25, 0.3) is 0 Å². The summed E-state index contributed by atoms with van der Waals surface area (Å²) in [5.41, 5.74) is 1.55. The summed E-state index contributed by atoms with van der Waals surface area (Å²) in [6, 6.07) is 16.4. The number of hydrogen-bond acceptors (Lipinski definition) is 5. The van der Waals surface area contributed by atoms with Crippen molar-refractivity contribution < 1.29 is 14.1 Å². The van der Waals surface area contributed by atoms with Crippen molar-refractivity contribution in [2.45, 2.75) is 19.8 Å². The molecule has 2 aromatic heterocycles. The average Bonchev–Trinajstić information content (AvgIpc) is 3.10. The molecule has 7 nitrogen and oxygen atoms in total. The first kappa shape index (κ1) is 18.3. The Hall–Kier alpha value is -3.48. The second-order valence-electron chi connectivity index (χ2n) is 6.03. The van der Waals surface area contributed by atoms with Crippen molar-refractivity contribution in [3.8, 4) is 0 Å². The van der Waals surface area contributed by atoms with Gasteiger partial charge in [-0.2, -0.15) is 0 Å². The van der Waals surface area contributed by atoms with Gasteiger partial charge >= 0.3 is 0 Å². The van der Waals surface area contributed by atoms with Gasteiger partial charge in [0.25, 0.3) is 11.8 Å². The molecule has 3 aromatic rings. The van der Waals surface area contributed by atoms with Crippen molar-refractivity contribution >= 4 is 17.6 Å². The van der Waals surface area contributed by atoms with Crippen LogP contribution >= 0.6 is 0 Å². The molecule has 0 aliphatic carbocycles. The molecule has 1 aromatic carbocycles. The monoisotopic (exact) mass is 364 g/mol. The second kappa shape index (κ2) is 8.75. The van der Waals surface area contributed by atoms with Crippen LogP contribution < -0.4 is 10.6 Å². The zero-order chi connectivity index (χ0) is 19.1. The van der Waals surface area contributed by atoms with E-state index in [1.807, 2.05) is 18.2 Å². The van der Waals surface area contributed by atoms with Crippen molar-refractivity contribution in [3.63, 3.8) is 0 Å². The molecule has 0 spiro atoms. The van der Waals surface area contributed by atoms with E-state index < -0.39 is 5.91 Å². The van der Waals surface area contributed by atoms with Crippen molar-refractivity contribution in [1.82, 2.24) is 15.5 Å². The van der Waals surface area contributed by atoms with Crippen LogP contribution in [0.2, 0.25) is 0 Å². The molecule has 0 radical (unpaired) electrons. The molecule has 0 saturated heterocycles. The molecule has 0 fully saturated rings. The van der Waals surface area contributed by atoms with Gasteiger partial charge in [-0.3, -0.25) is 9.59 Å². The summed E-state index contributed by atoms with van der Waals surface area (Å²) in [6.07, 6.45) is 1.70. The van der Waals surface area contributed by atoms with E-state index in [1.54, 1.807) is 25.1 Å². The van der Waals surface area contributed by atoms with E-state index in [1.165, 1.54) is 11.6 Å². The van der Waals surface area contributed by atoms with Crippen molar-refractivity contribution in [2.75, 3.05) is 11.9 Å². The Kier molecular flexibility index (Phi) is 5.94. The van der Waals surface area contributed by atoms with Gasteiger partial charge in [0.2, 0.25) is 0 Å². The average molecular weight is 364 g/mol. The molecule has 2 N–H and O–H groups in total. The van der Waals surface area contributed by atoms with Crippen LogP contribution in [0.5, 0.6) is 0 Å². The molecular weight excluding hydrogens is 344 g/mol. The maximum Gasteiger partial charge on any atom is 0.275 e. The number of nitrogens with zero attached hydrogens (tertiary/aromatic N) is 2. The highest BCUT2D eigenvalue weighted by Crippen LogP contribution is 2.09. The number of benzene rings is 1. The van der Waals surface area contributed by atoms with Crippen molar-refractivity contribution in [1.29, 1.82) is 0 Å². The number of carbonyl (C=O) groups is 2. The normalized spacial score (nSPS) is 10.4. The first-order chi connectivity index (χ1) is 13.1. The number of hydrogen-bond donors (Lipinski definition) is 2. The van der Waals surface area contributed by atoms with Crippen LogP contribution in [0.15, 0.2) is 59.1 Å². The predicted molar refractivity (Wildman–Crippen MR) is 101 cm³/mol. The van der Waals surface area contributed by atoms with Gasteiger partial charge in [-0.1, -0.05) is 41.6 Å². The lowest BCUT2D eigenvalue weighted by molar-refractivity contribution is 0.0948. The fourth-order valence-electron chi connectivity index (χ4n) is 2.52. The summed E-state index contributed by atoms with van der Waals surface area (Å²) < 4.78 is 4.90. The Balaban J connectivity index is 1.52. The van der Waals surface area contributed by atoms with Crippen molar-refractivity contribution in [2.24, 2.45) is 0 Å². The quantitative estimate of drug-likeness (QED) is 0.628. The molecule has 7 heteroatoms. The summed E-state index contributed by atoms with van der Waals surface area (Å²) in [5.74, 6) is 0.119. The van der Waals surface area contributed by atoms with Crippen LogP contribution in [0.3, 0.4) is 0 Å². The summed E-state index contributed by atoms with van der Waals surface area (Å²) in [4.78, 5) is 28.6. The number of amides is 2. The van der Waals surface area contributed by atoms with Gasteiger partial charge in [0, 0.05) is 12.6 Å². The van der Waals surface area contributed by atoms with Crippen LogP contribution in [-0.2, 0) is 6.42 Å². The highest BCUT2D eigenvalue weighted by molar-refractivity contribution is 6.03. The number of rotatable bonds is 7. The van der Waals surface area contributed by atoms with Crippen LogP contribution in [-0.4, -0.2) is 28.5 Å². The van der Waals surface area contributed by atoms with Gasteiger partial charge < -0.3 is 15.2 Å². The molecule has 2 amide bonds. The van der Waals surface area contributed by atoms with E-state index >= 15 is 0 Å². The van der Waals surface area contributed by atoms with Gasteiger partial charge in [0.15, 0.2) is 5.82 Å². The van der Waals surface area contributed by atoms with Crippen LogP contribution in [0, 0.1) is 6.92 Å². The molecule has 2 heterocycles. The largest absolute Gasteiger partial charge is 0.360 e. The van der Waals surface area contributed by atoms with Gasteiger partial charge in [0.1, 0.15) is 17.1 Å². The molecule has 0 atom stereocenters. The predicted octanol–water partition coefficient (Wildman–Crippen LogP) is 2.99.